The van der Waals surface area contributed by atoms with Crippen molar-refractivity contribution < 1.29 is 38.1 Å². The van der Waals surface area contributed by atoms with Gasteiger partial charge in [-0.3, -0.25) is 19.2 Å². The zero-order valence-electron chi connectivity index (χ0n) is 33.6. The van der Waals surface area contributed by atoms with Crippen molar-refractivity contribution in [2.45, 2.75) is 203 Å². The van der Waals surface area contributed by atoms with Crippen LogP contribution >= 0.6 is 0 Å². The fourth-order valence-corrected chi connectivity index (χ4v) is 5.60. The van der Waals surface area contributed by atoms with Gasteiger partial charge in [-0.15, -0.1) is 0 Å². The lowest BCUT2D eigenvalue weighted by atomic mass is 9.99. The average Bonchev–Trinajstić information content (AvgIpc) is 3.10. The van der Waals surface area contributed by atoms with E-state index in [1.807, 2.05) is 27.7 Å². The Kier molecular flexibility index (Phi) is 33.0. The molecular weight excluding hydrogens is 620 g/mol. The van der Waals surface area contributed by atoms with Gasteiger partial charge in [0.2, 0.25) is 0 Å². The molecule has 0 aromatic rings. The smallest absolute Gasteiger partial charge is 0.309 e. The number of hydrogen-bond acceptors (Lipinski definition) is 8. The Morgan fingerprint density at radius 2 is 0.612 bits per heavy atom. The fraction of sp³-hybridized carbons (Fsp3) is 0.902. The first-order valence-electron chi connectivity index (χ1n) is 20.3. The zero-order valence-corrected chi connectivity index (χ0v) is 33.6. The molecule has 0 spiro atoms. The molecule has 0 heterocycles. The minimum atomic E-state index is -1.10. The minimum Gasteiger partial charge on any atom is -0.461 e. The second-order valence-electron chi connectivity index (χ2n) is 13.6. The van der Waals surface area contributed by atoms with Crippen LogP contribution in [-0.4, -0.2) is 49.3 Å². The summed E-state index contributed by atoms with van der Waals surface area (Å²) in [6, 6.07) is 0. The van der Waals surface area contributed by atoms with E-state index in [4.69, 9.17) is 18.9 Å². The standard InChI is InChI=1S/C36H66O8.C5H12/c1-9-17-21-27(13-5)33(37)41-25-31(43-35(39)29(15-7)23-19-11-3)32(44-36(40)30(16-8)24-20-12-4)26-42-34(38)28(14-6)22-18-10-2;1-3-5-4-2/h27-32H,9-26H2,1-8H3;3-5H2,1-2H3/t27?,28?,29?,30?,31-,32+;. The largest absolute Gasteiger partial charge is 0.461 e. The van der Waals surface area contributed by atoms with Crippen molar-refractivity contribution in [3.8, 4) is 0 Å². The van der Waals surface area contributed by atoms with Gasteiger partial charge in [-0.25, -0.2) is 0 Å². The lowest BCUT2D eigenvalue weighted by molar-refractivity contribution is -0.188. The van der Waals surface area contributed by atoms with Gasteiger partial charge in [0.05, 0.1) is 23.7 Å². The maximum absolute atomic E-state index is 13.4. The normalized spacial score (nSPS) is 14.7. The molecule has 0 bridgehead atoms. The first-order valence-corrected chi connectivity index (χ1v) is 20.3. The first kappa shape index (κ1) is 49.0. The van der Waals surface area contributed by atoms with Crippen molar-refractivity contribution in [1.82, 2.24) is 0 Å². The van der Waals surface area contributed by atoms with Crippen LogP contribution in [0.4, 0.5) is 0 Å². The third kappa shape index (κ3) is 23.1. The first-order chi connectivity index (χ1) is 23.6. The molecule has 49 heavy (non-hydrogen) atoms. The maximum atomic E-state index is 13.4. The summed E-state index contributed by atoms with van der Waals surface area (Å²) < 4.78 is 23.5. The van der Waals surface area contributed by atoms with Crippen molar-refractivity contribution >= 4 is 23.9 Å². The molecule has 8 nitrogen and oxygen atoms in total. The van der Waals surface area contributed by atoms with Crippen LogP contribution in [0, 0.1) is 23.7 Å². The van der Waals surface area contributed by atoms with E-state index in [1.54, 1.807) is 0 Å². The number of rotatable bonds is 29. The summed E-state index contributed by atoms with van der Waals surface area (Å²) in [5.74, 6) is -2.73. The molecule has 0 saturated heterocycles. The Labute approximate surface area is 301 Å². The summed E-state index contributed by atoms with van der Waals surface area (Å²) in [6.45, 7) is 20.0. The molecule has 4 unspecified atom stereocenters. The molecule has 0 aromatic heterocycles. The van der Waals surface area contributed by atoms with Gasteiger partial charge in [0.25, 0.3) is 0 Å². The monoisotopic (exact) mass is 699 g/mol. The summed E-state index contributed by atoms with van der Waals surface area (Å²) in [7, 11) is 0. The SMILES string of the molecule is CCCCC.CCCCC(CC)C(=O)OC[C@H](OC(=O)C(CC)CCCC)[C@@H](COC(=O)C(CC)CCCC)OC(=O)C(CC)CCCC. The van der Waals surface area contributed by atoms with Gasteiger partial charge in [0.1, 0.15) is 13.2 Å². The summed E-state index contributed by atoms with van der Waals surface area (Å²) in [4.78, 5) is 52.9. The molecule has 0 N–H and O–H groups in total. The van der Waals surface area contributed by atoms with Crippen LogP contribution in [0.5, 0.6) is 0 Å². The lowest BCUT2D eigenvalue weighted by Crippen LogP contribution is -2.44. The number of unbranched alkanes of at least 4 members (excludes halogenated alkanes) is 6. The Morgan fingerprint density at radius 3 is 0.816 bits per heavy atom. The Hall–Kier alpha value is -2.12. The predicted molar refractivity (Wildman–Crippen MR) is 200 cm³/mol. The number of carbonyl (C=O) groups is 4. The van der Waals surface area contributed by atoms with Crippen LogP contribution in [0.15, 0.2) is 0 Å². The average molecular weight is 699 g/mol. The molecule has 290 valence electrons. The predicted octanol–water partition coefficient (Wildman–Crippen LogP) is 11.0. The topological polar surface area (TPSA) is 105 Å². The highest BCUT2D eigenvalue weighted by atomic mass is 16.6. The van der Waals surface area contributed by atoms with Gasteiger partial charge in [-0.2, -0.15) is 0 Å². The highest BCUT2D eigenvalue weighted by Crippen LogP contribution is 2.23. The van der Waals surface area contributed by atoms with Gasteiger partial charge in [-0.1, -0.05) is 140 Å². The van der Waals surface area contributed by atoms with Gasteiger partial charge < -0.3 is 18.9 Å². The van der Waals surface area contributed by atoms with Crippen LogP contribution in [0.2, 0.25) is 0 Å². The van der Waals surface area contributed by atoms with E-state index >= 15 is 0 Å². The molecule has 0 amide bonds. The van der Waals surface area contributed by atoms with Gasteiger partial charge in [-0.05, 0) is 51.4 Å². The molecule has 0 radical (unpaired) electrons. The van der Waals surface area contributed by atoms with E-state index in [0.29, 0.717) is 51.4 Å². The molecule has 0 saturated carbocycles. The number of hydrogen-bond donors (Lipinski definition) is 0. The zero-order chi connectivity index (χ0) is 37.5. The van der Waals surface area contributed by atoms with Crippen LogP contribution in [-0.2, 0) is 38.1 Å². The molecule has 0 fully saturated rings. The van der Waals surface area contributed by atoms with E-state index < -0.39 is 24.1 Å². The quantitative estimate of drug-likeness (QED) is 0.0561. The minimum absolute atomic E-state index is 0.263. The second-order valence-corrected chi connectivity index (χ2v) is 13.6. The van der Waals surface area contributed by atoms with Gasteiger partial charge >= 0.3 is 23.9 Å². The maximum Gasteiger partial charge on any atom is 0.309 e. The summed E-state index contributed by atoms with van der Waals surface area (Å²) in [5, 5.41) is 0. The molecule has 0 rings (SSSR count). The highest BCUT2D eigenvalue weighted by Gasteiger charge is 2.36. The van der Waals surface area contributed by atoms with E-state index in [0.717, 1.165) is 51.4 Å². The van der Waals surface area contributed by atoms with Crippen LogP contribution in [0.1, 0.15) is 191 Å². The Balaban J connectivity index is 0. The highest BCUT2D eigenvalue weighted by molar-refractivity contribution is 5.75. The third-order valence-electron chi connectivity index (χ3n) is 9.37. The Morgan fingerprint density at radius 1 is 0.367 bits per heavy atom. The molecule has 6 atom stereocenters. The van der Waals surface area contributed by atoms with E-state index in [-0.39, 0.29) is 48.8 Å². The molecule has 0 aromatic carbocycles. The Bertz CT molecular complexity index is 762. The lowest BCUT2D eigenvalue weighted by Gasteiger charge is -2.30. The van der Waals surface area contributed by atoms with E-state index in [1.165, 1.54) is 19.3 Å². The van der Waals surface area contributed by atoms with Crippen molar-refractivity contribution in [2.75, 3.05) is 13.2 Å². The number of esters is 4. The molecule has 0 aliphatic heterocycles. The van der Waals surface area contributed by atoms with Crippen LogP contribution < -0.4 is 0 Å². The number of ether oxygens (including phenoxy) is 4. The number of carbonyl (C=O) groups excluding carboxylic acids is 4. The van der Waals surface area contributed by atoms with Crippen molar-refractivity contribution in [3.63, 3.8) is 0 Å². The summed E-state index contributed by atoms with van der Waals surface area (Å²) >= 11 is 0. The van der Waals surface area contributed by atoms with E-state index in [9.17, 15) is 19.2 Å². The third-order valence-corrected chi connectivity index (χ3v) is 9.37. The molecule has 8 heteroatoms. The van der Waals surface area contributed by atoms with Gasteiger partial charge in [0, 0.05) is 0 Å². The molecular formula is C41H78O8. The molecule has 0 aliphatic rings. The van der Waals surface area contributed by atoms with Crippen molar-refractivity contribution in [2.24, 2.45) is 23.7 Å². The summed E-state index contributed by atoms with van der Waals surface area (Å²) in [5.41, 5.74) is 0. The second kappa shape index (κ2) is 33.0. The van der Waals surface area contributed by atoms with Crippen molar-refractivity contribution in [3.05, 3.63) is 0 Å². The van der Waals surface area contributed by atoms with Gasteiger partial charge in [0.15, 0.2) is 12.2 Å². The summed E-state index contributed by atoms with van der Waals surface area (Å²) in [6.07, 6.45) is 14.6. The fourth-order valence-electron chi connectivity index (χ4n) is 5.60. The van der Waals surface area contributed by atoms with Crippen molar-refractivity contribution in [1.29, 1.82) is 0 Å². The van der Waals surface area contributed by atoms with E-state index in [2.05, 4.69) is 41.5 Å². The molecule has 0 aliphatic carbocycles. The van der Waals surface area contributed by atoms with Crippen LogP contribution in [0.3, 0.4) is 0 Å². The van der Waals surface area contributed by atoms with Crippen LogP contribution in [0.25, 0.3) is 0 Å².